The maximum absolute atomic E-state index is 15.4. The van der Waals surface area contributed by atoms with Crippen molar-refractivity contribution in [2.24, 2.45) is 0 Å². The number of aryl methyl sites for hydroxylation is 2. The van der Waals surface area contributed by atoms with Gasteiger partial charge in [-0.15, -0.1) is 20.2 Å². The Hall–Kier alpha value is -6.25. The second-order valence-electron chi connectivity index (χ2n) is 16.7. The molecule has 2 atom stereocenters. The van der Waals surface area contributed by atoms with Gasteiger partial charge in [-0.05, 0) is 117 Å². The summed E-state index contributed by atoms with van der Waals surface area (Å²) in [6.45, 7) is 3.99. The summed E-state index contributed by atoms with van der Waals surface area (Å²) >= 11 is 12.7. The molecule has 0 spiro atoms. The van der Waals surface area contributed by atoms with Crippen LogP contribution in [-0.4, -0.2) is 134 Å². The molecule has 0 radical (unpaired) electrons. The number of hydrogen-bond donors (Lipinski definition) is 0. The SMILES string of the molecule is COc1ccc(CN(C(=O)C2=C(c3ccc(OCCCCOc4c(Cl)cc(C)cc4Cl)cc3)CC3CN(C(=O)OCCOCCO[N+](=O)[O-])CC2N3C(=O)OCCCCO[N+](=O)[O-])C2CC2)cc1C. The first-order valence-electron chi connectivity index (χ1n) is 22.7. The number of halogens is 2. The zero-order valence-electron chi connectivity index (χ0n) is 38.8. The second-order valence-corrected chi connectivity index (χ2v) is 17.5. The van der Waals surface area contributed by atoms with E-state index in [4.69, 9.17) is 51.6 Å². The molecule has 1 saturated heterocycles. The van der Waals surface area contributed by atoms with Gasteiger partial charge in [-0.1, -0.05) is 47.5 Å². The minimum atomic E-state index is -0.977. The van der Waals surface area contributed by atoms with E-state index in [0.29, 0.717) is 64.5 Å². The zero-order valence-corrected chi connectivity index (χ0v) is 40.3. The maximum Gasteiger partial charge on any atom is 0.410 e. The normalized spacial score (nSPS) is 16.4. The van der Waals surface area contributed by atoms with Crippen molar-refractivity contribution in [2.45, 2.75) is 83.5 Å². The maximum atomic E-state index is 15.4. The van der Waals surface area contributed by atoms with Crippen molar-refractivity contribution in [3.05, 3.63) is 113 Å². The molecule has 2 aliphatic heterocycles. The fourth-order valence-electron chi connectivity index (χ4n) is 8.30. The minimum Gasteiger partial charge on any atom is -0.496 e. The van der Waals surface area contributed by atoms with Gasteiger partial charge in [0.1, 0.15) is 24.7 Å². The molecule has 1 saturated carbocycles. The van der Waals surface area contributed by atoms with Gasteiger partial charge in [0.25, 0.3) is 16.1 Å². The number of fused-ring (bicyclic) bond motifs is 2. The molecule has 3 amide bonds. The number of amides is 3. The van der Waals surface area contributed by atoms with Crippen LogP contribution in [0, 0.1) is 34.1 Å². The Kier molecular flexibility index (Phi) is 19.2. The van der Waals surface area contributed by atoms with E-state index in [2.05, 4.69) is 9.68 Å². The summed E-state index contributed by atoms with van der Waals surface area (Å²) in [5.74, 6) is 1.48. The van der Waals surface area contributed by atoms with E-state index in [-0.39, 0.29) is 90.5 Å². The average Bonchev–Trinajstić information content (AvgIpc) is 4.16. The molecular weight excluding hydrogens is 945 g/mol. The van der Waals surface area contributed by atoms with Gasteiger partial charge in [0.05, 0.1) is 68.9 Å². The number of nitrogens with zero attached hydrogens (tertiary/aromatic N) is 5. The second kappa shape index (κ2) is 25.4. The van der Waals surface area contributed by atoms with Gasteiger partial charge in [-0.3, -0.25) is 9.69 Å². The highest BCUT2D eigenvalue weighted by molar-refractivity contribution is 6.37. The smallest absolute Gasteiger partial charge is 0.410 e. The van der Waals surface area contributed by atoms with Crippen molar-refractivity contribution in [1.29, 1.82) is 0 Å². The molecule has 3 aromatic rings. The predicted octanol–water partition coefficient (Wildman–Crippen LogP) is 8.05. The number of methoxy groups -OCH3 is 1. The van der Waals surface area contributed by atoms with Gasteiger partial charge >= 0.3 is 12.2 Å². The fraction of sp³-hybridized carbons (Fsp3) is 0.511. The molecule has 20 nitrogen and oxygen atoms in total. The first-order chi connectivity index (χ1) is 33.2. The largest absolute Gasteiger partial charge is 0.496 e. The Labute approximate surface area is 409 Å². The number of hydrogen-bond acceptors (Lipinski definition) is 15. The molecule has 2 fully saturated rings. The third-order valence-corrected chi connectivity index (χ3v) is 12.2. The van der Waals surface area contributed by atoms with Crippen LogP contribution in [0.1, 0.15) is 67.2 Å². The van der Waals surface area contributed by atoms with Crippen molar-refractivity contribution in [1.82, 2.24) is 14.7 Å². The molecule has 0 aromatic heterocycles. The Balaban J connectivity index is 1.24. The highest BCUT2D eigenvalue weighted by atomic mass is 35.5. The number of benzene rings is 3. The molecule has 6 rings (SSSR count). The molecule has 22 heteroatoms. The molecule has 3 aliphatic rings. The number of unbranched alkanes of at least 4 members (excludes halogenated alkanes) is 2. The summed E-state index contributed by atoms with van der Waals surface area (Å²) in [5.41, 5.74) is 4.51. The van der Waals surface area contributed by atoms with E-state index in [1.165, 1.54) is 9.80 Å². The summed E-state index contributed by atoms with van der Waals surface area (Å²) in [6.07, 6.45) is 2.24. The lowest BCUT2D eigenvalue weighted by atomic mass is 9.81. The van der Waals surface area contributed by atoms with E-state index in [0.717, 1.165) is 35.1 Å². The lowest BCUT2D eigenvalue weighted by molar-refractivity contribution is -0.758. The number of ether oxygens (including phenoxy) is 6. The third-order valence-electron chi connectivity index (χ3n) is 11.6. The highest BCUT2D eigenvalue weighted by Gasteiger charge is 2.50. The van der Waals surface area contributed by atoms with Crippen LogP contribution in [0.2, 0.25) is 10.0 Å². The molecule has 3 aromatic carbocycles. The van der Waals surface area contributed by atoms with Gasteiger partial charge in [0.15, 0.2) is 5.75 Å². The van der Waals surface area contributed by atoms with E-state index in [1.807, 2.05) is 61.2 Å². The lowest BCUT2D eigenvalue weighted by Crippen LogP contribution is -2.65. The van der Waals surface area contributed by atoms with E-state index in [9.17, 15) is 29.8 Å². The van der Waals surface area contributed by atoms with Gasteiger partial charge in [0, 0.05) is 31.2 Å². The fourth-order valence-corrected chi connectivity index (χ4v) is 9.00. The number of carbonyl (C=O) groups is 3. The third kappa shape index (κ3) is 14.9. The lowest BCUT2D eigenvalue weighted by Gasteiger charge is -2.50. The number of carbonyl (C=O) groups excluding carboxylic acids is 3. The van der Waals surface area contributed by atoms with Crippen LogP contribution in [0.3, 0.4) is 0 Å². The number of piperazine rings is 1. The first-order valence-corrected chi connectivity index (χ1v) is 23.5. The topological polar surface area (TPSA) is 221 Å². The van der Waals surface area contributed by atoms with Crippen LogP contribution in [0.15, 0.2) is 60.2 Å². The first kappa shape index (κ1) is 52.1. The van der Waals surface area contributed by atoms with Crippen LogP contribution in [0.4, 0.5) is 9.59 Å². The molecule has 1 aliphatic carbocycles. The molecule has 2 unspecified atom stereocenters. The van der Waals surface area contributed by atoms with E-state index < -0.39 is 34.4 Å². The molecule has 2 bridgehead atoms. The van der Waals surface area contributed by atoms with E-state index >= 15 is 4.79 Å². The minimum absolute atomic E-state index is 0.0360. The van der Waals surface area contributed by atoms with Gasteiger partial charge < -0.3 is 47.9 Å². The summed E-state index contributed by atoms with van der Waals surface area (Å²) in [7, 11) is 1.60. The summed E-state index contributed by atoms with van der Waals surface area (Å²) < 4.78 is 34.0. The Morgan fingerprint density at radius 2 is 1.39 bits per heavy atom. The molecule has 2 heterocycles. The van der Waals surface area contributed by atoms with Crippen molar-refractivity contribution in [3.8, 4) is 17.2 Å². The number of rotatable bonds is 26. The Bertz CT molecular complexity index is 2290. The zero-order chi connectivity index (χ0) is 49.5. The quantitative estimate of drug-likeness (QED) is 0.0422. The van der Waals surface area contributed by atoms with Crippen molar-refractivity contribution < 1.29 is 62.7 Å². The van der Waals surface area contributed by atoms with Crippen LogP contribution in [-0.2, 0) is 35.2 Å². The predicted molar refractivity (Wildman–Crippen MR) is 250 cm³/mol. The summed E-state index contributed by atoms with van der Waals surface area (Å²) in [5, 5.41) is 20.2. The standard InChI is InChI=1S/C47H57Cl2N5O15/c1-31-24-39(48)44(40(49)25-31)65-17-5-4-16-64-37-13-9-34(10-14-37)38-27-36-29-50(46(56)67-22-20-63-21-23-69-54(60)61)30-41(52(36)47(57)66-18-6-7-19-68-53(58)59)43(38)45(55)51(35-11-12-35)28-33-8-15-42(62-3)32(2)26-33/h8-10,13-15,24-26,35-36,41H,4-7,11-12,16-23,27-30H2,1-3H3. The molecule has 0 N–H and O–H groups in total. The van der Waals surface area contributed by atoms with Crippen molar-refractivity contribution in [2.75, 3.05) is 73.1 Å². The highest BCUT2D eigenvalue weighted by Crippen LogP contribution is 2.42. The van der Waals surface area contributed by atoms with Crippen LogP contribution in [0.25, 0.3) is 5.57 Å². The van der Waals surface area contributed by atoms with Crippen LogP contribution in [0.5, 0.6) is 17.2 Å². The molecule has 69 heavy (non-hydrogen) atoms. The monoisotopic (exact) mass is 1000 g/mol. The van der Waals surface area contributed by atoms with Crippen molar-refractivity contribution >= 4 is 46.9 Å². The molecular formula is C47H57Cl2N5O15. The molecule has 374 valence electrons. The summed E-state index contributed by atoms with van der Waals surface area (Å²) in [6, 6.07) is 15.1. The van der Waals surface area contributed by atoms with Gasteiger partial charge in [0.2, 0.25) is 0 Å². The van der Waals surface area contributed by atoms with Gasteiger partial charge in [-0.2, -0.15) is 0 Å². The Morgan fingerprint density at radius 3 is 2.06 bits per heavy atom. The van der Waals surface area contributed by atoms with Crippen LogP contribution >= 0.6 is 23.2 Å². The Morgan fingerprint density at radius 1 is 0.754 bits per heavy atom. The average molecular weight is 1000 g/mol. The van der Waals surface area contributed by atoms with E-state index in [1.54, 1.807) is 19.2 Å². The van der Waals surface area contributed by atoms with Crippen molar-refractivity contribution in [3.63, 3.8) is 0 Å². The van der Waals surface area contributed by atoms with Crippen LogP contribution < -0.4 is 14.2 Å². The van der Waals surface area contributed by atoms with Gasteiger partial charge in [-0.25, -0.2) is 9.59 Å². The summed E-state index contributed by atoms with van der Waals surface area (Å²) in [4.78, 5) is 77.8.